The molecule has 1 saturated carbocycles. The van der Waals surface area contributed by atoms with E-state index in [4.69, 9.17) is 9.84 Å². The number of ether oxygens (including phenoxy) is 1. The first-order chi connectivity index (χ1) is 9.10. The zero-order valence-electron chi connectivity index (χ0n) is 11.3. The van der Waals surface area contributed by atoms with Gasteiger partial charge in [0.2, 0.25) is 0 Å². The van der Waals surface area contributed by atoms with Gasteiger partial charge in [-0.2, -0.15) is 0 Å². The highest BCUT2D eigenvalue weighted by Gasteiger charge is 2.34. The highest BCUT2D eigenvalue weighted by molar-refractivity contribution is 5.76. The molecule has 0 spiro atoms. The smallest absolute Gasteiger partial charge is 0.317 e. The van der Waals surface area contributed by atoms with E-state index in [1.54, 1.807) is 12.0 Å². The number of aliphatic carboxylic acids is 1. The molecule has 0 aromatic rings. The summed E-state index contributed by atoms with van der Waals surface area (Å²) in [6.07, 6.45) is 4.72. The van der Waals surface area contributed by atoms with Crippen molar-refractivity contribution >= 4 is 12.0 Å². The fourth-order valence-electron chi connectivity index (χ4n) is 2.82. The summed E-state index contributed by atoms with van der Waals surface area (Å²) in [6, 6.07) is -0.111. The summed E-state index contributed by atoms with van der Waals surface area (Å²) < 4.78 is 5.17. The van der Waals surface area contributed by atoms with Crippen molar-refractivity contribution in [2.45, 2.75) is 56.7 Å². The Balaban J connectivity index is 1.83. The number of carbonyl (C=O) groups excluding carboxylic acids is 1. The molecule has 0 aromatic heterocycles. The predicted molar refractivity (Wildman–Crippen MR) is 68.9 cm³/mol. The van der Waals surface area contributed by atoms with Gasteiger partial charge in [0.25, 0.3) is 0 Å². The monoisotopic (exact) mass is 270 g/mol. The summed E-state index contributed by atoms with van der Waals surface area (Å²) >= 11 is 0. The standard InChI is InChI=1S/C13H22N2O4/c1-19-11-6-9(7-11)14-13(18)15-5-3-2-4-10(15)8-12(16)17/h9-11H,2-8H2,1H3,(H,14,18)(H,16,17). The average Bonchev–Trinajstić information content (AvgIpc) is 2.32. The third-order valence-electron chi connectivity index (χ3n) is 4.05. The molecule has 2 amide bonds. The molecule has 1 atom stereocenters. The first-order valence-electron chi connectivity index (χ1n) is 6.92. The zero-order valence-corrected chi connectivity index (χ0v) is 11.3. The maximum absolute atomic E-state index is 12.2. The van der Waals surface area contributed by atoms with E-state index in [9.17, 15) is 9.59 Å². The van der Waals surface area contributed by atoms with Crippen molar-refractivity contribution in [3.05, 3.63) is 0 Å². The van der Waals surface area contributed by atoms with Crippen molar-refractivity contribution in [3.8, 4) is 0 Å². The second kappa shape index (κ2) is 6.23. The third kappa shape index (κ3) is 3.59. The van der Waals surface area contributed by atoms with Crippen molar-refractivity contribution < 1.29 is 19.4 Å². The molecule has 6 heteroatoms. The molecular formula is C13H22N2O4. The van der Waals surface area contributed by atoms with E-state index < -0.39 is 5.97 Å². The lowest BCUT2D eigenvalue weighted by atomic mass is 9.89. The lowest BCUT2D eigenvalue weighted by Gasteiger charge is -2.39. The van der Waals surface area contributed by atoms with Crippen LogP contribution in [-0.4, -0.2) is 53.8 Å². The van der Waals surface area contributed by atoms with Gasteiger partial charge < -0.3 is 20.1 Å². The summed E-state index contributed by atoms with van der Waals surface area (Å²) in [7, 11) is 1.68. The van der Waals surface area contributed by atoms with Crippen LogP contribution in [0.4, 0.5) is 4.79 Å². The topological polar surface area (TPSA) is 78.9 Å². The Hall–Kier alpha value is -1.30. The van der Waals surface area contributed by atoms with Gasteiger partial charge in [0.1, 0.15) is 0 Å². The van der Waals surface area contributed by atoms with Crippen molar-refractivity contribution in [2.24, 2.45) is 0 Å². The molecule has 0 radical (unpaired) electrons. The van der Waals surface area contributed by atoms with Gasteiger partial charge in [-0.1, -0.05) is 0 Å². The molecule has 1 aliphatic heterocycles. The van der Waals surface area contributed by atoms with Crippen LogP contribution in [0.1, 0.15) is 38.5 Å². The largest absolute Gasteiger partial charge is 0.481 e. The molecule has 6 nitrogen and oxygen atoms in total. The van der Waals surface area contributed by atoms with E-state index in [1.807, 2.05) is 0 Å². The molecule has 0 bridgehead atoms. The van der Waals surface area contributed by atoms with Gasteiger partial charge in [0.15, 0.2) is 0 Å². The quantitative estimate of drug-likeness (QED) is 0.804. The summed E-state index contributed by atoms with van der Waals surface area (Å²) in [5.41, 5.74) is 0. The number of carbonyl (C=O) groups is 2. The molecule has 19 heavy (non-hydrogen) atoms. The van der Waals surface area contributed by atoms with Crippen molar-refractivity contribution in [3.63, 3.8) is 0 Å². The van der Waals surface area contributed by atoms with Gasteiger partial charge in [0.05, 0.1) is 12.5 Å². The summed E-state index contributed by atoms with van der Waals surface area (Å²) in [5, 5.41) is 11.9. The van der Waals surface area contributed by atoms with Gasteiger partial charge in [0, 0.05) is 25.7 Å². The maximum Gasteiger partial charge on any atom is 0.317 e. The average molecular weight is 270 g/mol. The number of hydrogen-bond acceptors (Lipinski definition) is 3. The molecular weight excluding hydrogens is 248 g/mol. The number of methoxy groups -OCH3 is 1. The Bertz CT molecular complexity index is 342. The van der Waals surface area contributed by atoms with E-state index in [0.717, 1.165) is 32.1 Å². The van der Waals surface area contributed by atoms with E-state index in [2.05, 4.69) is 5.32 Å². The highest BCUT2D eigenvalue weighted by Crippen LogP contribution is 2.24. The van der Waals surface area contributed by atoms with Crippen molar-refractivity contribution in [1.29, 1.82) is 0 Å². The van der Waals surface area contributed by atoms with Gasteiger partial charge in [-0.15, -0.1) is 0 Å². The van der Waals surface area contributed by atoms with Crippen molar-refractivity contribution in [2.75, 3.05) is 13.7 Å². The summed E-state index contributed by atoms with van der Waals surface area (Å²) in [5.74, 6) is -0.840. The zero-order chi connectivity index (χ0) is 13.8. The van der Waals surface area contributed by atoms with Gasteiger partial charge in [-0.05, 0) is 32.1 Å². The number of carboxylic acid groups (broad SMARTS) is 1. The van der Waals surface area contributed by atoms with Gasteiger partial charge in [-0.25, -0.2) is 4.79 Å². The van der Waals surface area contributed by atoms with Crippen LogP contribution in [-0.2, 0) is 9.53 Å². The van der Waals surface area contributed by atoms with Crippen LogP contribution in [0.25, 0.3) is 0 Å². The Morgan fingerprint density at radius 1 is 1.37 bits per heavy atom. The van der Waals surface area contributed by atoms with E-state index in [-0.39, 0.29) is 30.6 Å². The SMILES string of the molecule is COC1CC(NC(=O)N2CCCCC2CC(=O)O)C1. The van der Waals surface area contributed by atoms with Gasteiger partial charge in [-0.3, -0.25) is 4.79 Å². The van der Waals surface area contributed by atoms with E-state index in [0.29, 0.717) is 6.54 Å². The molecule has 1 saturated heterocycles. The molecule has 1 aliphatic carbocycles. The molecule has 0 aromatic carbocycles. The summed E-state index contributed by atoms with van der Waals surface area (Å²) in [4.78, 5) is 24.7. The normalized spacial score (nSPS) is 30.6. The molecule has 1 unspecified atom stereocenters. The van der Waals surface area contributed by atoms with Crippen LogP contribution in [0, 0.1) is 0 Å². The summed E-state index contributed by atoms with van der Waals surface area (Å²) in [6.45, 7) is 0.657. The lowest BCUT2D eigenvalue weighted by Crippen LogP contribution is -2.55. The van der Waals surface area contributed by atoms with Crippen molar-refractivity contribution in [1.82, 2.24) is 10.2 Å². The maximum atomic E-state index is 12.2. The fourth-order valence-corrected chi connectivity index (χ4v) is 2.82. The first kappa shape index (κ1) is 14.1. The minimum absolute atomic E-state index is 0.0405. The number of likely N-dealkylation sites (tertiary alicyclic amines) is 1. The minimum Gasteiger partial charge on any atom is -0.481 e. The Morgan fingerprint density at radius 2 is 2.11 bits per heavy atom. The second-order valence-corrected chi connectivity index (χ2v) is 5.42. The number of carboxylic acids is 1. The number of rotatable bonds is 4. The molecule has 108 valence electrons. The molecule has 2 rings (SSSR count). The van der Waals surface area contributed by atoms with Crippen LogP contribution < -0.4 is 5.32 Å². The third-order valence-corrected chi connectivity index (χ3v) is 4.05. The van der Waals surface area contributed by atoms with E-state index >= 15 is 0 Å². The molecule has 2 N–H and O–H groups in total. The molecule has 2 fully saturated rings. The highest BCUT2D eigenvalue weighted by atomic mass is 16.5. The van der Waals surface area contributed by atoms with Gasteiger partial charge >= 0.3 is 12.0 Å². The Morgan fingerprint density at radius 3 is 2.74 bits per heavy atom. The van der Waals surface area contributed by atoms with E-state index in [1.165, 1.54) is 0 Å². The van der Waals surface area contributed by atoms with Crippen LogP contribution in [0.2, 0.25) is 0 Å². The number of nitrogens with zero attached hydrogens (tertiary/aromatic N) is 1. The van der Waals surface area contributed by atoms with Crippen LogP contribution in [0.15, 0.2) is 0 Å². The number of nitrogens with one attached hydrogen (secondary N) is 1. The number of hydrogen-bond donors (Lipinski definition) is 2. The molecule has 1 heterocycles. The second-order valence-electron chi connectivity index (χ2n) is 5.42. The lowest BCUT2D eigenvalue weighted by molar-refractivity contribution is -0.138. The number of urea groups is 1. The number of amides is 2. The van der Waals surface area contributed by atoms with Crippen LogP contribution >= 0.6 is 0 Å². The predicted octanol–water partition coefficient (Wildman–Crippen LogP) is 1.20. The van der Waals surface area contributed by atoms with Crippen LogP contribution in [0.3, 0.4) is 0 Å². The Labute approximate surface area is 113 Å². The fraction of sp³-hybridized carbons (Fsp3) is 0.846. The Kier molecular flexibility index (Phi) is 4.63. The number of piperidine rings is 1. The van der Waals surface area contributed by atoms with Crippen LogP contribution in [0.5, 0.6) is 0 Å². The minimum atomic E-state index is -0.840. The first-order valence-corrected chi connectivity index (χ1v) is 6.92. The molecule has 2 aliphatic rings.